The van der Waals surface area contributed by atoms with Gasteiger partial charge in [0.2, 0.25) is 0 Å². The highest BCUT2D eigenvalue weighted by atomic mass is 16.2. The number of hydrogen-bond acceptors (Lipinski definition) is 4. The van der Waals surface area contributed by atoms with Gasteiger partial charge >= 0.3 is 0 Å². The van der Waals surface area contributed by atoms with E-state index >= 15 is 0 Å². The van der Waals surface area contributed by atoms with Gasteiger partial charge in [0, 0.05) is 43.8 Å². The molecular formula is C26H23N5O2. The Morgan fingerprint density at radius 3 is 2.42 bits per heavy atom. The SMILES string of the molecule is O=C(NCc1cccnc1)c1cn2c(n1)C(c1ccccc1)N(C(=O)c1ccccc1)CC2. The van der Waals surface area contributed by atoms with E-state index in [2.05, 4.69) is 15.3 Å². The fourth-order valence-electron chi connectivity index (χ4n) is 4.13. The number of imidazole rings is 1. The molecule has 33 heavy (non-hydrogen) atoms. The summed E-state index contributed by atoms with van der Waals surface area (Å²) >= 11 is 0. The maximum absolute atomic E-state index is 13.4. The monoisotopic (exact) mass is 437 g/mol. The fourth-order valence-corrected chi connectivity index (χ4v) is 4.13. The minimum absolute atomic E-state index is 0.0544. The minimum atomic E-state index is -0.382. The molecule has 7 nitrogen and oxygen atoms in total. The van der Waals surface area contributed by atoms with Gasteiger partial charge in [-0.05, 0) is 29.3 Å². The highest BCUT2D eigenvalue weighted by Gasteiger charge is 2.35. The molecule has 0 bridgehead atoms. The van der Waals surface area contributed by atoms with Crippen molar-refractivity contribution in [3.63, 3.8) is 0 Å². The molecule has 2 aromatic heterocycles. The van der Waals surface area contributed by atoms with E-state index in [9.17, 15) is 9.59 Å². The Morgan fingerprint density at radius 1 is 0.939 bits per heavy atom. The largest absolute Gasteiger partial charge is 0.347 e. The first kappa shape index (κ1) is 20.6. The minimum Gasteiger partial charge on any atom is -0.347 e. The summed E-state index contributed by atoms with van der Waals surface area (Å²) in [6, 6.07) is 22.4. The van der Waals surface area contributed by atoms with Crippen molar-refractivity contribution in [3.8, 4) is 0 Å². The van der Waals surface area contributed by atoms with Crippen LogP contribution in [0.25, 0.3) is 0 Å². The lowest BCUT2D eigenvalue weighted by atomic mass is 10.0. The molecule has 4 aromatic rings. The average Bonchev–Trinajstić information content (AvgIpc) is 3.32. The first-order chi connectivity index (χ1) is 16.2. The number of benzene rings is 2. The van der Waals surface area contributed by atoms with Gasteiger partial charge in [0.15, 0.2) is 0 Å². The average molecular weight is 438 g/mol. The van der Waals surface area contributed by atoms with E-state index in [4.69, 9.17) is 0 Å². The van der Waals surface area contributed by atoms with E-state index < -0.39 is 0 Å². The molecule has 164 valence electrons. The number of carbonyl (C=O) groups is 2. The Morgan fingerprint density at radius 2 is 1.70 bits per heavy atom. The van der Waals surface area contributed by atoms with Crippen LogP contribution in [0.2, 0.25) is 0 Å². The number of nitrogens with zero attached hydrogens (tertiary/aromatic N) is 4. The number of carbonyl (C=O) groups excluding carboxylic acids is 2. The van der Waals surface area contributed by atoms with Gasteiger partial charge in [-0.15, -0.1) is 0 Å². The van der Waals surface area contributed by atoms with E-state index in [0.29, 0.717) is 36.7 Å². The molecule has 1 aliphatic heterocycles. The van der Waals surface area contributed by atoms with Gasteiger partial charge in [-0.2, -0.15) is 0 Å². The van der Waals surface area contributed by atoms with E-state index in [1.165, 1.54) is 0 Å². The zero-order chi connectivity index (χ0) is 22.6. The normalized spacial score (nSPS) is 15.0. The Labute approximate surface area is 191 Å². The van der Waals surface area contributed by atoms with Crippen LogP contribution in [0, 0.1) is 0 Å². The Balaban J connectivity index is 1.45. The van der Waals surface area contributed by atoms with Crippen LogP contribution in [0.4, 0.5) is 0 Å². The summed E-state index contributed by atoms with van der Waals surface area (Å²) in [4.78, 5) is 36.8. The van der Waals surface area contributed by atoms with Crippen LogP contribution in [-0.4, -0.2) is 37.8 Å². The third-order valence-electron chi connectivity index (χ3n) is 5.75. The number of fused-ring (bicyclic) bond motifs is 1. The van der Waals surface area contributed by atoms with E-state index in [0.717, 1.165) is 11.1 Å². The summed E-state index contributed by atoms with van der Waals surface area (Å²) in [5.41, 5.74) is 2.84. The molecule has 2 amide bonds. The molecule has 7 heteroatoms. The third kappa shape index (κ3) is 4.25. The highest BCUT2D eigenvalue weighted by Crippen LogP contribution is 2.32. The predicted octanol–water partition coefficient (Wildman–Crippen LogP) is 3.45. The topological polar surface area (TPSA) is 80.1 Å². The number of rotatable bonds is 5. The second-order valence-corrected chi connectivity index (χ2v) is 7.90. The third-order valence-corrected chi connectivity index (χ3v) is 5.75. The van der Waals surface area contributed by atoms with Crippen LogP contribution in [-0.2, 0) is 13.1 Å². The summed E-state index contributed by atoms with van der Waals surface area (Å²) in [6.07, 6.45) is 5.19. The van der Waals surface area contributed by atoms with Gasteiger partial charge in [-0.1, -0.05) is 54.6 Å². The Hall–Kier alpha value is -4.26. The number of pyridine rings is 1. The maximum Gasteiger partial charge on any atom is 0.271 e. The Kier molecular flexibility index (Phi) is 5.68. The van der Waals surface area contributed by atoms with Crippen molar-refractivity contribution >= 4 is 11.8 Å². The van der Waals surface area contributed by atoms with Crippen LogP contribution in [0.5, 0.6) is 0 Å². The van der Waals surface area contributed by atoms with Crippen molar-refractivity contribution < 1.29 is 9.59 Å². The van der Waals surface area contributed by atoms with Gasteiger partial charge in [0.25, 0.3) is 11.8 Å². The lowest BCUT2D eigenvalue weighted by molar-refractivity contribution is 0.0658. The van der Waals surface area contributed by atoms with Gasteiger partial charge in [0.1, 0.15) is 17.6 Å². The molecule has 3 heterocycles. The van der Waals surface area contributed by atoms with Crippen molar-refractivity contribution in [1.29, 1.82) is 0 Å². The molecule has 1 atom stereocenters. The second-order valence-electron chi connectivity index (χ2n) is 7.90. The molecule has 5 rings (SSSR count). The van der Waals surface area contributed by atoms with Crippen LogP contribution in [0.1, 0.15) is 43.8 Å². The summed E-state index contributed by atoms with van der Waals surface area (Å²) in [5, 5.41) is 2.90. The first-order valence-corrected chi connectivity index (χ1v) is 10.9. The number of aromatic nitrogens is 3. The van der Waals surface area contributed by atoms with Crippen LogP contribution < -0.4 is 5.32 Å². The molecule has 1 unspecified atom stereocenters. The number of amides is 2. The van der Waals surface area contributed by atoms with Gasteiger partial charge in [-0.3, -0.25) is 14.6 Å². The summed E-state index contributed by atoms with van der Waals surface area (Å²) in [6.45, 7) is 1.46. The van der Waals surface area contributed by atoms with Gasteiger partial charge < -0.3 is 14.8 Å². The maximum atomic E-state index is 13.4. The van der Waals surface area contributed by atoms with E-state index in [1.807, 2.05) is 82.3 Å². The molecule has 0 aliphatic carbocycles. The van der Waals surface area contributed by atoms with Gasteiger partial charge in [0.05, 0.1) is 0 Å². The zero-order valence-corrected chi connectivity index (χ0v) is 18.0. The second kappa shape index (κ2) is 9.08. The highest BCUT2D eigenvalue weighted by molar-refractivity contribution is 5.95. The predicted molar refractivity (Wildman–Crippen MR) is 123 cm³/mol. The van der Waals surface area contributed by atoms with E-state index in [1.54, 1.807) is 18.6 Å². The van der Waals surface area contributed by atoms with Crippen LogP contribution in [0.15, 0.2) is 91.4 Å². The van der Waals surface area contributed by atoms with Gasteiger partial charge in [-0.25, -0.2) is 4.98 Å². The number of nitrogens with one attached hydrogen (secondary N) is 1. The molecular weight excluding hydrogens is 414 g/mol. The quantitative estimate of drug-likeness (QED) is 0.519. The lowest BCUT2D eigenvalue weighted by Crippen LogP contribution is -2.42. The molecule has 1 N–H and O–H groups in total. The summed E-state index contributed by atoms with van der Waals surface area (Å²) in [7, 11) is 0. The zero-order valence-electron chi connectivity index (χ0n) is 18.0. The lowest BCUT2D eigenvalue weighted by Gasteiger charge is -2.36. The smallest absolute Gasteiger partial charge is 0.271 e. The molecule has 0 spiro atoms. The summed E-state index contributed by atoms with van der Waals surface area (Å²) in [5.74, 6) is 0.373. The van der Waals surface area contributed by atoms with Crippen molar-refractivity contribution in [2.75, 3.05) is 6.54 Å². The van der Waals surface area contributed by atoms with Crippen molar-refractivity contribution in [2.45, 2.75) is 19.1 Å². The summed E-state index contributed by atoms with van der Waals surface area (Å²) < 4.78 is 1.98. The van der Waals surface area contributed by atoms with Crippen molar-refractivity contribution in [2.24, 2.45) is 0 Å². The molecule has 0 radical (unpaired) electrons. The Bertz CT molecular complexity index is 1260. The van der Waals surface area contributed by atoms with Crippen molar-refractivity contribution in [1.82, 2.24) is 24.8 Å². The van der Waals surface area contributed by atoms with Crippen LogP contribution in [0.3, 0.4) is 0 Å². The van der Waals surface area contributed by atoms with Crippen molar-refractivity contribution in [3.05, 3.63) is 120 Å². The molecule has 0 fully saturated rings. The first-order valence-electron chi connectivity index (χ1n) is 10.9. The molecule has 2 aromatic carbocycles. The molecule has 0 saturated heterocycles. The molecule has 1 aliphatic rings. The standard InChI is InChI=1S/C26H23N5O2/c32-25(28-17-19-8-7-13-27-16-19)22-18-30-14-15-31(26(33)21-11-5-2-6-12-21)23(24(30)29-22)20-9-3-1-4-10-20/h1-13,16,18,23H,14-15,17H2,(H,28,32). The molecule has 0 saturated carbocycles. The fraction of sp³-hybridized carbons (Fsp3) is 0.154. The van der Waals surface area contributed by atoms with E-state index in [-0.39, 0.29) is 17.9 Å². The van der Waals surface area contributed by atoms with Crippen LogP contribution >= 0.6 is 0 Å². The number of hydrogen-bond donors (Lipinski definition) is 1.